The molecule has 0 atom stereocenters. The molecule has 2 heteroatoms. The van der Waals surface area contributed by atoms with Crippen molar-refractivity contribution < 1.29 is 4.74 Å². The lowest BCUT2D eigenvalue weighted by Crippen LogP contribution is -1.83. The summed E-state index contributed by atoms with van der Waals surface area (Å²) < 4.78 is 5.80. The van der Waals surface area contributed by atoms with Gasteiger partial charge < -0.3 is 4.74 Å². The van der Waals surface area contributed by atoms with E-state index in [2.05, 4.69) is 43.3 Å². The minimum Gasteiger partial charge on any atom is -0.457 e. The van der Waals surface area contributed by atoms with Crippen LogP contribution in [0.1, 0.15) is 5.56 Å². The first kappa shape index (κ1) is 13.8. The van der Waals surface area contributed by atoms with E-state index >= 15 is 0 Å². The van der Waals surface area contributed by atoms with Gasteiger partial charge >= 0.3 is 0 Å². The molecule has 0 bridgehead atoms. The highest BCUT2D eigenvalue weighted by molar-refractivity contribution is 7.99. The largest absolute Gasteiger partial charge is 0.457 e. The predicted octanol–water partition coefficient (Wildman–Crippen LogP) is 5.94. The van der Waals surface area contributed by atoms with Gasteiger partial charge in [-0.1, -0.05) is 48.2 Å². The van der Waals surface area contributed by atoms with E-state index in [0.29, 0.717) is 0 Å². The Kier molecular flexibility index (Phi) is 4.27. The second-order valence-corrected chi connectivity index (χ2v) is 5.87. The molecule has 0 saturated heterocycles. The second kappa shape index (κ2) is 6.51. The van der Waals surface area contributed by atoms with Crippen LogP contribution < -0.4 is 4.74 Å². The third-order valence-corrected chi connectivity index (χ3v) is 4.31. The maximum absolute atomic E-state index is 5.80. The minimum absolute atomic E-state index is 0.857. The van der Waals surface area contributed by atoms with Gasteiger partial charge in [-0.25, -0.2) is 0 Å². The Balaban J connectivity index is 1.71. The van der Waals surface area contributed by atoms with Crippen molar-refractivity contribution in [3.8, 4) is 11.5 Å². The Morgan fingerprint density at radius 2 is 1.29 bits per heavy atom. The van der Waals surface area contributed by atoms with Crippen molar-refractivity contribution in [3.63, 3.8) is 0 Å². The number of aryl methyl sites for hydroxylation is 1. The van der Waals surface area contributed by atoms with Gasteiger partial charge in [0.1, 0.15) is 11.5 Å². The van der Waals surface area contributed by atoms with Crippen LogP contribution in [-0.2, 0) is 0 Å². The topological polar surface area (TPSA) is 9.23 Å². The van der Waals surface area contributed by atoms with Crippen LogP contribution in [0.15, 0.2) is 88.7 Å². The zero-order chi connectivity index (χ0) is 14.5. The maximum Gasteiger partial charge on any atom is 0.127 e. The van der Waals surface area contributed by atoms with E-state index in [1.54, 1.807) is 11.8 Å². The highest BCUT2D eigenvalue weighted by Gasteiger charge is 2.01. The van der Waals surface area contributed by atoms with E-state index in [9.17, 15) is 0 Å². The van der Waals surface area contributed by atoms with E-state index in [1.165, 1.54) is 15.4 Å². The van der Waals surface area contributed by atoms with Crippen molar-refractivity contribution in [1.29, 1.82) is 0 Å². The van der Waals surface area contributed by atoms with Crippen molar-refractivity contribution in [3.05, 3.63) is 84.4 Å². The first-order valence-corrected chi connectivity index (χ1v) is 7.69. The normalized spacial score (nSPS) is 10.3. The maximum atomic E-state index is 5.80. The first-order chi connectivity index (χ1) is 10.3. The Morgan fingerprint density at radius 1 is 0.667 bits per heavy atom. The monoisotopic (exact) mass is 292 g/mol. The molecular formula is C19H16OS. The summed E-state index contributed by atoms with van der Waals surface area (Å²) in [6, 6.07) is 26.4. The highest BCUT2D eigenvalue weighted by atomic mass is 32.2. The minimum atomic E-state index is 0.857. The Labute approximate surface area is 129 Å². The zero-order valence-corrected chi connectivity index (χ0v) is 12.6. The van der Waals surface area contributed by atoms with Crippen LogP contribution >= 0.6 is 11.8 Å². The van der Waals surface area contributed by atoms with Gasteiger partial charge in [-0.15, -0.1) is 0 Å². The van der Waals surface area contributed by atoms with Gasteiger partial charge in [-0.05, 0) is 55.0 Å². The molecule has 0 aromatic heterocycles. The van der Waals surface area contributed by atoms with Crippen molar-refractivity contribution in [1.82, 2.24) is 0 Å². The van der Waals surface area contributed by atoms with Crippen LogP contribution in [0.2, 0.25) is 0 Å². The van der Waals surface area contributed by atoms with Crippen molar-refractivity contribution >= 4 is 11.8 Å². The van der Waals surface area contributed by atoms with Gasteiger partial charge in [0.05, 0.1) is 0 Å². The van der Waals surface area contributed by atoms with E-state index < -0.39 is 0 Å². The predicted molar refractivity (Wildman–Crippen MR) is 88.3 cm³/mol. The molecule has 21 heavy (non-hydrogen) atoms. The van der Waals surface area contributed by atoms with E-state index in [1.807, 2.05) is 42.5 Å². The smallest absolute Gasteiger partial charge is 0.127 e. The number of rotatable bonds is 4. The number of ether oxygens (including phenoxy) is 1. The number of para-hydroxylation sites is 1. The third kappa shape index (κ3) is 3.67. The molecule has 0 aliphatic rings. The van der Waals surface area contributed by atoms with E-state index in [4.69, 9.17) is 4.74 Å². The molecule has 0 aliphatic heterocycles. The molecule has 0 heterocycles. The van der Waals surface area contributed by atoms with Crippen molar-refractivity contribution in [2.24, 2.45) is 0 Å². The highest BCUT2D eigenvalue weighted by Crippen LogP contribution is 2.31. The molecule has 0 N–H and O–H groups in total. The van der Waals surface area contributed by atoms with Gasteiger partial charge in [-0.2, -0.15) is 0 Å². The van der Waals surface area contributed by atoms with Gasteiger partial charge in [0.25, 0.3) is 0 Å². The van der Waals surface area contributed by atoms with Crippen molar-refractivity contribution in [2.75, 3.05) is 0 Å². The molecule has 1 nitrogen and oxygen atoms in total. The lowest BCUT2D eigenvalue weighted by Gasteiger charge is -2.08. The van der Waals surface area contributed by atoms with Gasteiger partial charge in [0.2, 0.25) is 0 Å². The van der Waals surface area contributed by atoms with Crippen LogP contribution in [0.25, 0.3) is 0 Å². The fourth-order valence-corrected chi connectivity index (χ4v) is 2.90. The Hall–Kier alpha value is -2.19. The summed E-state index contributed by atoms with van der Waals surface area (Å²) in [5.74, 6) is 1.71. The summed E-state index contributed by atoms with van der Waals surface area (Å²) in [5.41, 5.74) is 1.30. The Bertz CT molecular complexity index is 705. The summed E-state index contributed by atoms with van der Waals surface area (Å²) >= 11 is 1.77. The van der Waals surface area contributed by atoms with Crippen LogP contribution in [0.5, 0.6) is 11.5 Å². The second-order valence-electron chi connectivity index (χ2n) is 4.75. The number of hydrogen-bond acceptors (Lipinski definition) is 2. The molecule has 104 valence electrons. The van der Waals surface area contributed by atoms with Gasteiger partial charge in [-0.3, -0.25) is 0 Å². The molecule has 0 fully saturated rings. The molecule has 0 saturated carbocycles. The summed E-state index contributed by atoms with van der Waals surface area (Å²) in [4.78, 5) is 2.50. The van der Waals surface area contributed by atoms with E-state index in [0.717, 1.165) is 11.5 Å². The summed E-state index contributed by atoms with van der Waals surface area (Å²) in [6.07, 6.45) is 0. The summed E-state index contributed by atoms with van der Waals surface area (Å²) in [6.45, 7) is 2.13. The molecule has 0 unspecified atom stereocenters. The quantitative estimate of drug-likeness (QED) is 0.588. The lowest BCUT2D eigenvalue weighted by atomic mass is 10.2. The average molecular weight is 292 g/mol. The fourth-order valence-electron chi connectivity index (χ4n) is 2.00. The fraction of sp³-hybridized carbons (Fsp3) is 0.0526. The molecule has 3 aromatic rings. The molecule has 0 radical (unpaired) electrons. The molecule has 0 amide bonds. The lowest BCUT2D eigenvalue weighted by molar-refractivity contribution is 0.482. The summed E-state index contributed by atoms with van der Waals surface area (Å²) in [7, 11) is 0. The molecule has 0 aliphatic carbocycles. The van der Waals surface area contributed by atoms with Crippen LogP contribution in [0.3, 0.4) is 0 Å². The SMILES string of the molecule is Cc1ccccc1Sc1ccc(Oc2ccccc2)cc1. The van der Waals surface area contributed by atoms with Crippen LogP contribution in [0.4, 0.5) is 0 Å². The molecule has 3 aromatic carbocycles. The third-order valence-electron chi connectivity index (χ3n) is 3.12. The van der Waals surface area contributed by atoms with E-state index in [-0.39, 0.29) is 0 Å². The molecular weight excluding hydrogens is 276 g/mol. The average Bonchev–Trinajstić information content (AvgIpc) is 2.52. The molecule has 3 rings (SSSR count). The Morgan fingerprint density at radius 3 is 2.00 bits per heavy atom. The van der Waals surface area contributed by atoms with Crippen LogP contribution in [-0.4, -0.2) is 0 Å². The van der Waals surface area contributed by atoms with Crippen LogP contribution in [0, 0.1) is 6.92 Å². The molecule has 0 spiro atoms. The zero-order valence-electron chi connectivity index (χ0n) is 11.8. The van der Waals surface area contributed by atoms with Crippen molar-refractivity contribution in [2.45, 2.75) is 16.7 Å². The number of benzene rings is 3. The first-order valence-electron chi connectivity index (χ1n) is 6.88. The van der Waals surface area contributed by atoms with Gasteiger partial charge in [0, 0.05) is 9.79 Å². The standard InChI is InChI=1S/C19H16OS/c1-15-7-5-6-10-19(15)21-18-13-11-17(12-14-18)20-16-8-3-2-4-9-16/h2-14H,1H3. The number of hydrogen-bond donors (Lipinski definition) is 0. The van der Waals surface area contributed by atoms with Gasteiger partial charge in [0.15, 0.2) is 0 Å². The summed E-state index contributed by atoms with van der Waals surface area (Å²) in [5, 5.41) is 0.